The Hall–Kier alpha value is -3.41. The van der Waals surface area contributed by atoms with E-state index < -0.39 is 17.8 Å². The van der Waals surface area contributed by atoms with E-state index in [0.29, 0.717) is 11.1 Å². The number of amides is 1. The molecule has 0 fully saturated rings. The van der Waals surface area contributed by atoms with Crippen LogP contribution in [0.3, 0.4) is 0 Å². The summed E-state index contributed by atoms with van der Waals surface area (Å²) in [5, 5.41) is 20.3. The summed E-state index contributed by atoms with van der Waals surface area (Å²) >= 11 is 0. The zero-order valence-corrected chi connectivity index (χ0v) is 11.9. The SMILES string of the molecule is O=C(O)C(=Cc1ccc(C(=O)O)cc1)NC(=O)c1ccccc1. The minimum absolute atomic E-state index is 0.0901. The number of aromatic carboxylic acids is 1. The van der Waals surface area contributed by atoms with Gasteiger partial charge in [0, 0.05) is 5.56 Å². The lowest BCUT2D eigenvalue weighted by Gasteiger charge is -2.06. The van der Waals surface area contributed by atoms with E-state index in [2.05, 4.69) is 5.32 Å². The fraction of sp³-hybridized carbons (Fsp3) is 0. The van der Waals surface area contributed by atoms with Crippen LogP contribution in [0.4, 0.5) is 0 Å². The number of aliphatic carboxylic acids is 1. The van der Waals surface area contributed by atoms with Gasteiger partial charge in [-0.1, -0.05) is 30.3 Å². The van der Waals surface area contributed by atoms with Crippen LogP contribution >= 0.6 is 0 Å². The van der Waals surface area contributed by atoms with Gasteiger partial charge in [-0.3, -0.25) is 4.79 Å². The van der Waals surface area contributed by atoms with Crippen LogP contribution in [0, 0.1) is 0 Å². The second kappa shape index (κ2) is 7.04. The highest BCUT2D eigenvalue weighted by molar-refractivity contribution is 6.02. The van der Waals surface area contributed by atoms with E-state index >= 15 is 0 Å². The molecule has 0 aromatic heterocycles. The molecule has 2 rings (SSSR count). The molecule has 0 saturated heterocycles. The van der Waals surface area contributed by atoms with E-state index in [1.54, 1.807) is 30.3 Å². The molecule has 3 N–H and O–H groups in total. The van der Waals surface area contributed by atoms with Gasteiger partial charge in [0.25, 0.3) is 5.91 Å². The lowest BCUT2D eigenvalue weighted by Crippen LogP contribution is -2.27. The number of hydrogen-bond donors (Lipinski definition) is 3. The molecule has 6 heteroatoms. The van der Waals surface area contributed by atoms with Gasteiger partial charge in [-0.2, -0.15) is 0 Å². The molecule has 0 heterocycles. The van der Waals surface area contributed by atoms with Gasteiger partial charge in [0.1, 0.15) is 5.70 Å². The van der Waals surface area contributed by atoms with Crippen LogP contribution in [0.1, 0.15) is 26.3 Å². The van der Waals surface area contributed by atoms with Gasteiger partial charge in [0.05, 0.1) is 5.56 Å². The molecule has 2 aromatic rings. The first-order valence-electron chi connectivity index (χ1n) is 6.62. The lowest BCUT2D eigenvalue weighted by molar-refractivity contribution is -0.132. The highest BCUT2D eigenvalue weighted by Crippen LogP contribution is 2.09. The van der Waals surface area contributed by atoms with Crippen LogP contribution in [-0.2, 0) is 4.79 Å². The summed E-state index contributed by atoms with van der Waals surface area (Å²) in [4.78, 5) is 34.0. The molecule has 0 spiro atoms. The van der Waals surface area contributed by atoms with Gasteiger partial charge in [-0.15, -0.1) is 0 Å². The van der Waals surface area contributed by atoms with Crippen molar-refractivity contribution in [1.82, 2.24) is 5.32 Å². The van der Waals surface area contributed by atoms with E-state index in [1.165, 1.54) is 30.3 Å². The van der Waals surface area contributed by atoms with Crippen molar-refractivity contribution in [2.45, 2.75) is 0 Å². The molecule has 0 unspecified atom stereocenters. The molecule has 116 valence electrons. The van der Waals surface area contributed by atoms with Gasteiger partial charge in [-0.05, 0) is 35.9 Å². The average Bonchev–Trinajstić information content (AvgIpc) is 2.55. The average molecular weight is 311 g/mol. The van der Waals surface area contributed by atoms with E-state index in [0.717, 1.165) is 0 Å². The van der Waals surface area contributed by atoms with Crippen LogP contribution in [0.2, 0.25) is 0 Å². The Kier molecular flexibility index (Phi) is 4.89. The molecular weight excluding hydrogens is 298 g/mol. The monoisotopic (exact) mass is 311 g/mol. The fourth-order valence-electron chi connectivity index (χ4n) is 1.82. The minimum atomic E-state index is -1.29. The molecule has 0 bridgehead atoms. The predicted molar refractivity (Wildman–Crippen MR) is 82.9 cm³/mol. The number of carboxylic acid groups (broad SMARTS) is 2. The van der Waals surface area contributed by atoms with E-state index in [4.69, 9.17) is 5.11 Å². The number of carboxylic acids is 2. The molecule has 6 nitrogen and oxygen atoms in total. The number of carbonyl (C=O) groups is 3. The summed E-state index contributed by atoms with van der Waals surface area (Å²) in [7, 11) is 0. The maximum absolute atomic E-state index is 12.0. The summed E-state index contributed by atoms with van der Waals surface area (Å²) in [6.45, 7) is 0. The Labute approximate surface area is 131 Å². The Balaban J connectivity index is 2.22. The van der Waals surface area contributed by atoms with Crippen molar-refractivity contribution in [3.8, 4) is 0 Å². The quantitative estimate of drug-likeness (QED) is 0.735. The summed E-state index contributed by atoms with van der Waals surface area (Å²) in [5.74, 6) is -2.91. The smallest absolute Gasteiger partial charge is 0.352 e. The molecule has 0 atom stereocenters. The zero-order valence-electron chi connectivity index (χ0n) is 11.9. The van der Waals surface area contributed by atoms with E-state index in [9.17, 15) is 19.5 Å². The number of rotatable bonds is 5. The number of benzene rings is 2. The van der Waals surface area contributed by atoms with Crippen molar-refractivity contribution in [2.75, 3.05) is 0 Å². The summed E-state index contributed by atoms with van der Waals surface area (Å²) < 4.78 is 0. The molecule has 0 aliphatic heterocycles. The van der Waals surface area contributed by atoms with E-state index in [-0.39, 0.29) is 11.3 Å². The third-order valence-corrected chi connectivity index (χ3v) is 2.98. The number of carbonyl (C=O) groups excluding carboxylic acids is 1. The molecule has 23 heavy (non-hydrogen) atoms. The second-order valence-electron chi connectivity index (χ2n) is 4.61. The molecule has 1 amide bonds. The lowest BCUT2D eigenvalue weighted by atomic mass is 10.1. The Bertz CT molecular complexity index is 763. The first-order chi connectivity index (χ1) is 11.0. The first-order valence-corrected chi connectivity index (χ1v) is 6.62. The fourth-order valence-corrected chi connectivity index (χ4v) is 1.82. The maximum atomic E-state index is 12.0. The zero-order chi connectivity index (χ0) is 16.8. The highest BCUT2D eigenvalue weighted by atomic mass is 16.4. The summed E-state index contributed by atoms with van der Waals surface area (Å²) in [5.41, 5.74) is 0.580. The predicted octanol–water partition coefficient (Wildman–Crippen LogP) is 2.24. The van der Waals surface area contributed by atoms with Crippen molar-refractivity contribution < 1.29 is 24.6 Å². The van der Waals surface area contributed by atoms with Crippen molar-refractivity contribution >= 4 is 23.9 Å². The van der Waals surface area contributed by atoms with E-state index in [1.807, 2.05) is 0 Å². The van der Waals surface area contributed by atoms with Crippen LogP contribution in [0.5, 0.6) is 0 Å². The molecule has 2 aromatic carbocycles. The van der Waals surface area contributed by atoms with Crippen molar-refractivity contribution in [3.63, 3.8) is 0 Å². The van der Waals surface area contributed by atoms with Gasteiger partial charge in [0.15, 0.2) is 0 Å². The van der Waals surface area contributed by atoms with Gasteiger partial charge >= 0.3 is 11.9 Å². The van der Waals surface area contributed by atoms with Gasteiger partial charge in [-0.25, -0.2) is 9.59 Å². The Morgan fingerprint density at radius 3 is 1.96 bits per heavy atom. The van der Waals surface area contributed by atoms with Crippen LogP contribution in [-0.4, -0.2) is 28.1 Å². The van der Waals surface area contributed by atoms with Crippen molar-refractivity contribution in [1.29, 1.82) is 0 Å². The maximum Gasteiger partial charge on any atom is 0.352 e. The standard InChI is InChI=1S/C17H13NO5/c19-15(12-4-2-1-3-5-12)18-14(17(22)23)10-11-6-8-13(9-7-11)16(20)21/h1-10H,(H,18,19)(H,20,21)(H,22,23). The molecule has 0 aliphatic carbocycles. The summed E-state index contributed by atoms with van der Waals surface area (Å²) in [6, 6.07) is 13.8. The molecule has 0 saturated carbocycles. The van der Waals surface area contributed by atoms with Gasteiger partial charge in [0.2, 0.25) is 0 Å². The third-order valence-electron chi connectivity index (χ3n) is 2.98. The first kappa shape index (κ1) is 16.0. The molecule has 0 radical (unpaired) electrons. The summed E-state index contributed by atoms with van der Waals surface area (Å²) in [6.07, 6.45) is 1.26. The van der Waals surface area contributed by atoms with Crippen molar-refractivity contribution in [2.24, 2.45) is 0 Å². The van der Waals surface area contributed by atoms with Gasteiger partial charge < -0.3 is 15.5 Å². The van der Waals surface area contributed by atoms with Crippen LogP contribution in [0.15, 0.2) is 60.3 Å². The number of nitrogens with one attached hydrogen (secondary N) is 1. The minimum Gasteiger partial charge on any atom is -0.478 e. The largest absolute Gasteiger partial charge is 0.478 e. The van der Waals surface area contributed by atoms with Crippen LogP contribution < -0.4 is 5.32 Å². The normalized spacial score (nSPS) is 10.9. The number of hydrogen-bond acceptors (Lipinski definition) is 3. The molecular formula is C17H13NO5. The Morgan fingerprint density at radius 1 is 0.826 bits per heavy atom. The third kappa shape index (κ3) is 4.28. The van der Waals surface area contributed by atoms with Crippen molar-refractivity contribution in [3.05, 3.63) is 77.0 Å². The topological polar surface area (TPSA) is 104 Å². The highest BCUT2D eigenvalue weighted by Gasteiger charge is 2.13. The Morgan fingerprint density at radius 2 is 1.43 bits per heavy atom. The molecule has 0 aliphatic rings. The van der Waals surface area contributed by atoms with Crippen LogP contribution in [0.25, 0.3) is 6.08 Å². The second-order valence-corrected chi connectivity index (χ2v) is 4.61.